The Bertz CT molecular complexity index is 603. The van der Waals surface area contributed by atoms with Crippen LogP contribution in [0.25, 0.3) is 0 Å². The maximum Gasteiger partial charge on any atom is 0.148 e. The van der Waals surface area contributed by atoms with Crippen LogP contribution in [0, 0.1) is 11.3 Å². The first-order valence-electron chi connectivity index (χ1n) is 5.77. The molecule has 0 amide bonds. The van der Waals surface area contributed by atoms with Gasteiger partial charge in [-0.1, -0.05) is 12.1 Å². The van der Waals surface area contributed by atoms with Crippen molar-refractivity contribution in [1.29, 1.82) is 5.26 Å². The molecule has 5 heteroatoms. The van der Waals surface area contributed by atoms with Crippen molar-refractivity contribution in [3.8, 4) is 11.8 Å². The van der Waals surface area contributed by atoms with Gasteiger partial charge in [0.25, 0.3) is 0 Å². The third-order valence-electron chi connectivity index (χ3n) is 2.61. The number of hydrogen-bond donors (Lipinski definition) is 1. The molecular weight excluding hydrogens is 324 g/mol. The lowest BCUT2D eigenvalue weighted by Gasteiger charge is -2.21. The van der Waals surface area contributed by atoms with Gasteiger partial charge in [0.05, 0.1) is 5.56 Å². The first-order chi connectivity index (χ1) is 9.11. The summed E-state index contributed by atoms with van der Waals surface area (Å²) in [6.07, 6.45) is -0.259. The number of benzene rings is 1. The number of para-hydroxylation sites is 1. The van der Waals surface area contributed by atoms with E-state index in [9.17, 15) is 0 Å². The lowest BCUT2D eigenvalue weighted by atomic mass is 10.1. The summed E-state index contributed by atoms with van der Waals surface area (Å²) < 4.78 is 6.95. The summed E-state index contributed by atoms with van der Waals surface area (Å²) >= 11 is 5.01. The normalized spacial score (nSPS) is 13.6. The Morgan fingerprint density at radius 1 is 1.42 bits per heavy atom. The van der Waals surface area contributed by atoms with Crippen LogP contribution in [-0.2, 0) is 0 Å². The number of ether oxygens (including phenoxy) is 1. The maximum atomic E-state index is 9.08. The van der Waals surface area contributed by atoms with Crippen LogP contribution in [-0.4, -0.2) is 6.04 Å². The summed E-state index contributed by atoms with van der Waals surface area (Å²) in [5.74, 6) is 0.567. The number of nitrogens with zero attached hydrogens (tertiary/aromatic N) is 1. The molecule has 2 atom stereocenters. The molecule has 1 aromatic heterocycles. The molecule has 1 heterocycles. The molecule has 0 spiro atoms. The van der Waals surface area contributed by atoms with Crippen molar-refractivity contribution in [3.05, 3.63) is 50.6 Å². The van der Waals surface area contributed by atoms with Gasteiger partial charge in [-0.2, -0.15) is 5.26 Å². The molecule has 2 unspecified atom stereocenters. The molecule has 2 aromatic rings. The van der Waals surface area contributed by atoms with Crippen LogP contribution in [0.2, 0.25) is 0 Å². The predicted molar refractivity (Wildman–Crippen MR) is 80.2 cm³/mol. The molecule has 0 saturated carbocycles. The second-order valence-electron chi connectivity index (χ2n) is 4.17. The average Bonchev–Trinajstić information content (AvgIpc) is 2.82. The predicted octanol–water partition coefficient (Wildman–Crippen LogP) is 3.85. The van der Waals surface area contributed by atoms with Crippen molar-refractivity contribution in [2.75, 3.05) is 0 Å². The van der Waals surface area contributed by atoms with Gasteiger partial charge in [0, 0.05) is 20.8 Å². The van der Waals surface area contributed by atoms with E-state index in [2.05, 4.69) is 22.0 Å². The van der Waals surface area contributed by atoms with Crippen LogP contribution >= 0.6 is 27.3 Å². The Morgan fingerprint density at radius 3 is 2.74 bits per heavy atom. The van der Waals surface area contributed by atoms with Crippen LogP contribution in [0.3, 0.4) is 0 Å². The first kappa shape index (κ1) is 14.1. The zero-order valence-electron chi connectivity index (χ0n) is 10.3. The van der Waals surface area contributed by atoms with Gasteiger partial charge in [-0.25, -0.2) is 0 Å². The van der Waals surface area contributed by atoms with Crippen molar-refractivity contribution in [2.45, 2.75) is 19.1 Å². The van der Waals surface area contributed by atoms with Crippen LogP contribution in [0.1, 0.15) is 23.5 Å². The molecule has 98 valence electrons. The fraction of sp³-hybridized carbons (Fsp3) is 0.214. The van der Waals surface area contributed by atoms with E-state index >= 15 is 0 Å². The highest BCUT2D eigenvalue weighted by atomic mass is 79.9. The molecular formula is C14H13BrN2OS. The van der Waals surface area contributed by atoms with Crippen molar-refractivity contribution in [2.24, 2.45) is 5.73 Å². The summed E-state index contributed by atoms with van der Waals surface area (Å²) in [5.41, 5.74) is 6.52. The SMILES string of the molecule is CC(N)C(Oc1ccccc1C#N)c1cc(Br)cs1. The van der Waals surface area contributed by atoms with Gasteiger partial charge in [0.1, 0.15) is 17.9 Å². The highest BCUT2D eigenvalue weighted by Gasteiger charge is 2.21. The molecule has 3 nitrogen and oxygen atoms in total. The minimum atomic E-state index is -0.259. The highest BCUT2D eigenvalue weighted by Crippen LogP contribution is 2.32. The van der Waals surface area contributed by atoms with Crippen LogP contribution in [0.5, 0.6) is 5.75 Å². The van der Waals surface area contributed by atoms with E-state index in [1.807, 2.05) is 30.5 Å². The number of nitrogens with two attached hydrogens (primary N) is 1. The molecule has 0 radical (unpaired) electrons. The second kappa shape index (κ2) is 6.20. The third kappa shape index (κ3) is 3.35. The second-order valence-corrected chi connectivity index (χ2v) is 6.03. The fourth-order valence-electron chi connectivity index (χ4n) is 1.70. The largest absolute Gasteiger partial charge is 0.482 e. The summed E-state index contributed by atoms with van der Waals surface area (Å²) in [6.45, 7) is 1.90. The smallest absolute Gasteiger partial charge is 0.148 e. The zero-order valence-corrected chi connectivity index (χ0v) is 12.7. The lowest BCUT2D eigenvalue weighted by molar-refractivity contribution is 0.183. The van der Waals surface area contributed by atoms with Crippen LogP contribution in [0.15, 0.2) is 40.2 Å². The first-order valence-corrected chi connectivity index (χ1v) is 7.44. The minimum Gasteiger partial charge on any atom is -0.482 e. The molecule has 0 aliphatic heterocycles. The Balaban J connectivity index is 2.30. The lowest BCUT2D eigenvalue weighted by Crippen LogP contribution is -2.28. The Labute approximate surface area is 124 Å². The van der Waals surface area contributed by atoms with E-state index in [1.165, 1.54) is 0 Å². The Morgan fingerprint density at radius 2 is 2.16 bits per heavy atom. The molecule has 2 N–H and O–H groups in total. The van der Waals surface area contributed by atoms with Gasteiger partial charge >= 0.3 is 0 Å². The van der Waals surface area contributed by atoms with Crippen LogP contribution in [0.4, 0.5) is 0 Å². The Kier molecular flexibility index (Phi) is 4.59. The van der Waals surface area contributed by atoms with Gasteiger partial charge in [0.15, 0.2) is 0 Å². The highest BCUT2D eigenvalue weighted by molar-refractivity contribution is 9.10. The van der Waals surface area contributed by atoms with E-state index < -0.39 is 0 Å². The monoisotopic (exact) mass is 336 g/mol. The van der Waals surface area contributed by atoms with Crippen molar-refractivity contribution >= 4 is 27.3 Å². The molecule has 0 bridgehead atoms. The number of rotatable bonds is 4. The topological polar surface area (TPSA) is 59.0 Å². The molecule has 19 heavy (non-hydrogen) atoms. The van der Waals surface area contributed by atoms with E-state index in [0.717, 1.165) is 9.35 Å². The minimum absolute atomic E-state index is 0.169. The zero-order chi connectivity index (χ0) is 13.8. The summed E-state index contributed by atoms with van der Waals surface area (Å²) in [6, 6.07) is 11.1. The van der Waals surface area contributed by atoms with Gasteiger partial charge in [-0.05, 0) is 41.1 Å². The molecule has 0 saturated heterocycles. The van der Waals surface area contributed by atoms with Crippen molar-refractivity contribution < 1.29 is 4.74 Å². The van der Waals surface area contributed by atoms with Gasteiger partial charge in [-0.3, -0.25) is 0 Å². The van der Waals surface area contributed by atoms with Crippen molar-refractivity contribution in [1.82, 2.24) is 0 Å². The molecule has 0 aliphatic rings. The third-order valence-corrected chi connectivity index (χ3v) is 4.36. The van der Waals surface area contributed by atoms with E-state index in [0.29, 0.717) is 11.3 Å². The average molecular weight is 337 g/mol. The standard InChI is InChI=1S/C14H13BrN2OS/c1-9(17)14(13-6-11(15)8-19-13)18-12-5-3-2-4-10(12)7-16/h2-6,8-9,14H,17H2,1H3. The molecule has 2 rings (SSSR count). The molecule has 0 fully saturated rings. The quantitative estimate of drug-likeness (QED) is 0.922. The number of halogens is 1. The van der Waals surface area contributed by atoms with E-state index in [-0.39, 0.29) is 12.1 Å². The van der Waals surface area contributed by atoms with Gasteiger partial charge in [-0.15, -0.1) is 11.3 Å². The van der Waals surface area contributed by atoms with Gasteiger partial charge < -0.3 is 10.5 Å². The number of hydrogen-bond acceptors (Lipinski definition) is 4. The maximum absolute atomic E-state index is 9.08. The Hall–Kier alpha value is -1.35. The van der Waals surface area contributed by atoms with Gasteiger partial charge in [0.2, 0.25) is 0 Å². The summed E-state index contributed by atoms with van der Waals surface area (Å²) in [7, 11) is 0. The van der Waals surface area contributed by atoms with E-state index in [1.54, 1.807) is 23.5 Å². The number of nitriles is 1. The number of thiophene rings is 1. The van der Waals surface area contributed by atoms with Crippen LogP contribution < -0.4 is 10.5 Å². The van der Waals surface area contributed by atoms with Crippen molar-refractivity contribution in [3.63, 3.8) is 0 Å². The summed E-state index contributed by atoms with van der Waals surface area (Å²) in [4.78, 5) is 1.04. The summed E-state index contributed by atoms with van der Waals surface area (Å²) in [5, 5.41) is 11.1. The molecule has 1 aromatic carbocycles. The fourth-order valence-corrected chi connectivity index (χ4v) is 3.29. The molecule has 0 aliphatic carbocycles. The van der Waals surface area contributed by atoms with E-state index in [4.69, 9.17) is 15.7 Å².